The van der Waals surface area contributed by atoms with E-state index in [1.165, 1.54) is 33.1 Å². The lowest BCUT2D eigenvalue weighted by atomic mass is 9.92. The Balaban J connectivity index is 0.000000251. The van der Waals surface area contributed by atoms with Crippen molar-refractivity contribution < 1.29 is 47.8 Å². The van der Waals surface area contributed by atoms with Gasteiger partial charge in [0, 0.05) is 116 Å². The second-order valence-electron chi connectivity index (χ2n) is 24.5. The van der Waals surface area contributed by atoms with Crippen LogP contribution in [0.15, 0.2) is 170 Å². The molecule has 26 nitrogen and oxygen atoms in total. The molecule has 5 aromatic carbocycles. The number of anilines is 4. The van der Waals surface area contributed by atoms with Crippen LogP contribution in [-0.2, 0) is 42.8 Å². The van der Waals surface area contributed by atoms with Gasteiger partial charge in [0.25, 0.3) is 11.8 Å². The summed E-state index contributed by atoms with van der Waals surface area (Å²) in [6.07, 6.45) is 8.54. The number of ether oxygens (including phenoxy) is 2. The first kappa shape index (κ1) is 71.9. The number of hydrogen-bond donors (Lipinski definition) is 8. The van der Waals surface area contributed by atoms with Gasteiger partial charge in [-0.1, -0.05) is 77.9 Å². The Kier molecular flexibility index (Phi) is 24.5. The van der Waals surface area contributed by atoms with Crippen LogP contribution in [0.25, 0.3) is 22.1 Å². The molecule has 0 radical (unpaired) electrons. The van der Waals surface area contributed by atoms with Crippen molar-refractivity contribution in [3.05, 3.63) is 204 Å². The third-order valence-electron chi connectivity index (χ3n) is 15.2. The van der Waals surface area contributed by atoms with E-state index < -0.39 is 47.5 Å². The number of rotatable bonds is 24. The molecule has 0 aliphatic carbocycles. The number of urea groups is 2. The third kappa shape index (κ3) is 20.0. The van der Waals surface area contributed by atoms with E-state index in [2.05, 4.69) is 52.5 Å². The Labute approximate surface area is 568 Å². The van der Waals surface area contributed by atoms with Gasteiger partial charge in [0.15, 0.2) is 0 Å². The summed E-state index contributed by atoms with van der Waals surface area (Å²) < 4.78 is 15.1. The first-order chi connectivity index (χ1) is 46.9. The molecule has 0 saturated heterocycles. The fraction of sp³-hybridized carbons (Fsp3) is 0.278. The van der Waals surface area contributed by atoms with Gasteiger partial charge >= 0.3 is 12.1 Å². The zero-order valence-corrected chi connectivity index (χ0v) is 56.5. The molecule has 4 aromatic heterocycles. The minimum atomic E-state index is -0.487. The van der Waals surface area contributed by atoms with Crippen molar-refractivity contribution in [2.45, 2.75) is 65.2 Å². The van der Waals surface area contributed by atoms with Gasteiger partial charge in [0.05, 0.1) is 41.7 Å². The largest absolute Gasteiger partial charge is 0.493 e. The van der Waals surface area contributed by atoms with Crippen molar-refractivity contribution in [2.75, 3.05) is 88.9 Å². The van der Waals surface area contributed by atoms with Crippen molar-refractivity contribution in [1.82, 2.24) is 60.6 Å². The maximum absolute atomic E-state index is 13.5. The zero-order valence-electron chi connectivity index (χ0n) is 56.5. The standard InChI is InChI=1S/C38H42N8O5.C34H40N8O5/c1-38(2,3)32-21-33(46(44-32)27-14-12-26(13-15-27)36(49)45(23-34(47)39-4)24-35(48)40-5)43-37(50)42-30-16-17-31(29-11-7-6-10-28(29)30)51-20-18-25-9-8-19-41-22-25;1-34(2,3)28-19-29(39-33(46)38-25-10-14-27(15-11-25)47-18-16-23-7-6-17-37-20-23)42(40-28)26-12-8-24(9-13-26)32(45)41(21-30(43)35-4)22-31(44)36-5/h6-17,19,21-22H,18,20,23-24H2,1-5H3,(H,39,47)(H,40,48)(H2,42,43,50);6-15,17,19-20H,16,18,21-22H2,1-5H3,(H,35,43)(H,36,44)(H2,38,39,46). The Hall–Kier alpha value is -12.0. The van der Waals surface area contributed by atoms with E-state index in [9.17, 15) is 38.4 Å². The molecule has 4 heterocycles. The van der Waals surface area contributed by atoms with E-state index in [1.807, 2.05) is 121 Å². The number of nitrogens with zero attached hydrogens (tertiary/aromatic N) is 8. The highest BCUT2D eigenvalue weighted by Gasteiger charge is 2.27. The Morgan fingerprint density at radius 1 is 0.449 bits per heavy atom. The van der Waals surface area contributed by atoms with Gasteiger partial charge in [-0.05, 0) is 108 Å². The van der Waals surface area contributed by atoms with Gasteiger partial charge in [0.1, 0.15) is 49.3 Å². The normalized spacial score (nSPS) is 11.0. The molecular weight excluding hydrogens is 1250 g/mol. The van der Waals surface area contributed by atoms with Crippen LogP contribution in [0.2, 0.25) is 0 Å². The Morgan fingerprint density at radius 3 is 1.28 bits per heavy atom. The van der Waals surface area contributed by atoms with Crippen LogP contribution in [0, 0.1) is 0 Å². The molecular formula is C72H82N16O10. The average molecular weight is 1330 g/mol. The SMILES string of the molecule is CNC(=O)CN(CC(=O)NC)C(=O)c1ccc(-n2nc(C(C)(C)C)cc2NC(=O)Nc2ccc(OCCc3cccnc3)c3ccccc23)cc1.CNC(=O)CN(CC(=O)NC)C(=O)c1ccc(-n2nc(C(C)(C)C)cc2NC(=O)Nc2ccc(OCCc3cccnc3)cc2)cc1. The monoisotopic (exact) mass is 1330 g/mol. The summed E-state index contributed by atoms with van der Waals surface area (Å²) in [5.41, 5.74) is 5.89. The van der Waals surface area contributed by atoms with E-state index in [1.54, 1.807) is 101 Å². The summed E-state index contributed by atoms with van der Waals surface area (Å²) in [7, 11) is 5.84. The summed E-state index contributed by atoms with van der Waals surface area (Å²) in [6.45, 7) is 12.0. The average Bonchev–Trinajstić information content (AvgIpc) is 1.48. The molecule has 10 amide bonds. The minimum Gasteiger partial charge on any atom is -0.493 e. The van der Waals surface area contributed by atoms with E-state index in [0.29, 0.717) is 65.5 Å². The zero-order chi connectivity index (χ0) is 70.5. The van der Waals surface area contributed by atoms with Crippen molar-refractivity contribution in [3.8, 4) is 22.9 Å². The number of amides is 10. The predicted octanol–water partition coefficient (Wildman–Crippen LogP) is 8.68. The van der Waals surface area contributed by atoms with Crippen LogP contribution in [0.4, 0.5) is 32.6 Å². The van der Waals surface area contributed by atoms with Gasteiger partial charge in [-0.2, -0.15) is 10.2 Å². The summed E-state index contributed by atoms with van der Waals surface area (Å²) in [6, 6.07) is 42.0. The molecule has 0 saturated carbocycles. The first-order valence-electron chi connectivity index (χ1n) is 31.6. The van der Waals surface area contributed by atoms with Crippen molar-refractivity contribution >= 4 is 81.3 Å². The lowest BCUT2D eigenvalue weighted by Crippen LogP contribution is -2.44. The van der Waals surface area contributed by atoms with E-state index in [0.717, 1.165) is 44.6 Å². The third-order valence-corrected chi connectivity index (χ3v) is 15.2. The predicted molar refractivity (Wildman–Crippen MR) is 375 cm³/mol. The Bertz CT molecular complexity index is 4210. The fourth-order valence-electron chi connectivity index (χ4n) is 9.68. The number of aromatic nitrogens is 6. The molecule has 0 aliphatic heterocycles. The number of benzene rings is 5. The number of carbonyl (C=O) groups is 8. The maximum Gasteiger partial charge on any atom is 0.324 e. The molecule has 0 bridgehead atoms. The second-order valence-corrected chi connectivity index (χ2v) is 24.5. The lowest BCUT2D eigenvalue weighted by molar-refractivity contribution is -0.125. The molecule has 9 aromatic rings. The molecule has 0 aliphatic rings. The highest BCUT2D eigenvalue weighted by molar-refractivity contribution is 6.08. The summed E-state index contributed by atoms with van der Waals surface area (Å²) in [5.74, 6) is -0.362. The number of hydrogen-bond acceptors (Lipinski definition) is 14. The van der Waals surface area contributed by atoms with Crippen molar-refractivity contribution in [3.63, 3.8) is 0 Å². The van der Waals surface area contributed by atoms with Gasteiger partial charge < -0.3 is 51.2 Å². The lowest BCUT2D eigenvalue weighted by Gasteiger charge is -2.21. The van der Waals surface area contributed by atoms with E-state index in [4.69, 9.17) is 19.7 Å². The van der Waals surface area contributed by atoms with Crippen molar-refractivity contribution in [2.24, 2.45) is 0 Å². The molecule has 0 fully saturated rings. The smallest absolute Gasteiger partial charge is 0.324 e. The Morgan fingerprint density at radius 2 is 0.867 bits per heavy atom. The molecule has 0 atom stereocenters. The highest BCUT2D eigenvalue weighted by atomic mass is 16.5. The van der Waals surface area contributed by atoms with Crippen LogP contribution in [-0.4, -0.2) is 154 Å². The van der Waals surface area contributed by atoms with Gasteiger partial charge in [-0.15, -0.1) is 0 Å². The molecule has 510 valence electrons. The molecule has 0 spiro atoms. The van der Waals surface area contributed by atoms with Gasteiger partial charge in [-0.25, -0.2) is 19.0 Å². The molecule has 98 heavy (non-hydrogen) atoms. The number of nitrogens with one attached hydrogen (secondary N) is 8. The molecule has 0 unspecified atom stereocenters. The van der Waals surface area contributed by atoms with Crippen LogP contribution < -0.4 is 52.0 Å². The summed E-state index contributed by atoms with van der Waals surface area (Å²) >= 11 is 0. The minimum absolute atomic E-state index is 0.274. The molecule has 9 rings (SSSR count). The van der Waals surface area contributed by atoms with E-state index >= 15 is 0 Å². The summed E-state index contributed by atoms with van der Waals surface area (Å²) in [4.78, 5) is 112. The fourth-order valence-corrected chi connectivity index (χ4v) is 9.68. The number of carbonyl (C=O) groups excluding carboxylic acids is 8. The highest BCUT2D eigenvalue weighted by Crippen LogP contribution is 2.33. The summed E-state index contributed by atoms with van der Waals surface area (Å²) in [5, 5.41) is 32.7. The van der Waals surface area contributed by atoms with E-state index in [-0.39, 0.29) is 48.1 Å². The van der Waals surface area contributed by atoms with Gasteiger partial charge in [-0.3, -0.25) is 49.4 Å². The second kappa shape index (κ2) is 33.4. The molecule has 8 N–H and O–H groups in total. The number of pyridine rings is 2. The van der Waals surface area contributed by atoms with Crippen LogP contribution in [0.3, 0.4) is 0 Å². The number of fused-ring (bicyclic) bond motifs is 1. The van der Waals surface area contributed by atoms with Crippen LogP contribution >= 0.6 is 0 Å². The van der Waals surface area contributed by atoms with Crippen LogP contribution in [0.5, 0.6) is 11.5 Å². The van der Waals surface area contributed by atoms with Crippen molar-refractivity contribution in [1.29, 1.82) is 0 Å². The van der Waals surface area contributed by atoms with Crippen LogP contribution in [0.1, 0.15) is 84.8 Å². The topological polar surface area (TPSA) is 319 Å². The number of likely N-dealkylation sites (N-methyl/N-ethyl adjacent to an activating group) is 4. The molecule has 26 heteroatoms. The maximum atomic E-state index is 13.5. The first-order valence-corrected chi connectivity index (χ1v) is 31.6. The van der Waals surface area contributed by atoms with Gasteiger partial charge in [0.2, 0.25) is 23.6 Å². The quantitative estimate of drug-likeness (QED) is 0.0281.